The van der Waals surface area contributed by atoms with Crippen LogP contribution in [0, 0.1) is 0 Å². The van der Waals surface area contributed by atoms with Gasteiger partial charge in [-0.15, -0.1) is 0 Å². The highest BCUT2D eigenvalue weighted by Crippen LogP contribution is 2.03. The summed E-state index contributed by atoms with van der Waals surface area (Å²) in [4.78, 5) is 37.8. The van der Waals surface area contributed by atoms with Crippen molar-refractivity contribution >= 4 is 17.8 Å². The Morgan fingerprint density at radius 1 is 1.47 bits per heavy atom. The van der Waals surface area contributed by atoms with Gasteiger partial charge in [-0.05, 0) is 0 Å². The zero-order valence-corrected chi connectivity index (χ0v) is 9.16. The molecule has 0 aromatic carbocycles. The van der Waals surface area contributed by atoms with Crippen molar-refractivity contribution in [3.05, 3.63) is 18.2 Å². The number of amides is 2. The number of rotatable bonds is 5. The van der Waals surface area contributed by atoms with Gasteiger partial charge >= 0.3 is 5.97 Å². The molecule has 1 heterocycles. The molecule has 0 bridgehead atoms. The number of primary amides is 1. The molecule has 0 unspecified atom stereocenters. The normalized spacial score (nSPS) is 9.94. The molecule has 1 rings (SSSR count). The minimum atomic E-state index is -1.22. The van der Waals surface area contributed by atoms with Crippen LogP contribution in [0.5, 0.6) is 0 Å². The Morgan fingerprint density at radius 3 is 2.53 bits per heavy atom. The van der Waals surface area contributed by atoms with Gasteiger partial charge in [-0.25, -0.2) is 4.98 Å². The number of carboxylic acid groups (broad SMARTS) is 1. The monoisotopic (exact) mass is 240 g/mol. The molecule has 8 nitrogen and oxygen atoms in total. The van der Waals surface area contributed by atoms with Crippen LogP contribution in [-0.4, -0.2) is 50.4 Å². The maximum absolute atomic E-state index is 11.9. The number of hydrogen-bond acceptors (Lipinski definition) is 4. The zero-order chi connectivity index (χ0) is 13.0. The minimum Gasteiger partial charge on any atom is -0.480 e. The number of nitrogens with two attached hydrogens (primary N) is 1. The fourth-order valence-electron chi connectivity index (χ4n) is 1.28. The van der Waals surface area contributed by atoms with Gasteiger partial charge in [0.05, 0.1) is 12.5 Å². The third-order valence-electron chi connectivity index (χ3n) is 2.00. The lowest BCUT2D eigenvalue weighted by Crippen LogP contribution is -2.42. The third-order valence-corrected chi connectivity index (χ3v) is 2.00. The second kappa shape index (κ2) is 5.10. The van der Waals surface area contributed by atoms with E-state index in [4.69, 9.17) is 10.8 Å². The molecule has 0 radical (unpaired) electrons. The van der Waals surface area contributed by atoms with Crippen LogP contribution in [0.25, 0.3) is 0 Å². The summed E-state index contributed by atoms with van der Waals surface area (Å²) in [5.74, 6) is -2.60. The molecule has 0 aliphatic heterocycles. The van der Waals surface area contributed by atoms with Gasteiger partial charge < -0.3 is 20.3 Å². The summed E-state index contributed by atoms with van der Waals surface area (Å²) in [5, 5.41) is 8.64. The van der Waals surface area contributed by atoms with Crippen molar-refractivity contribution in [3.63, 3.8) is 0 Å². The average molecular weight is 240 g/mol. The molecular formula is C9H12N4O4. The zero-order valence-electron chi connectivity index (χ0n) is 9.16. The molecule has 8 heteroatoms. The van der Waals surface area contributed by atoms with Crippen molar-refractivity contribution in [2.75, 3.05) is 13.1 Å². The second-order valence-electron chi connectivity index (χ2n) is 3.41. The number of carboxylic acids is 1. The topological polar surface area (TPSA) is 119 Å². The summed E-state index contributed by atoms with van der Waals surface area (Å²) in [6.07, 6.45) is 2.69. The molecule has 92 valence electrons. The van der Waals surface area contributed by atoms with Crippen molar-refractivity contribution < 1.29 is 19.5 Å². The van der Waals surface area contributed by atoms with Gasteiger partial charge in [0, 0.05) is 7.05 Å². The summed E-state index contributed by atoms with van der Waals surface area (Å²) in [6, 6.07) is 0. The van der Waals surface area contributed by atoms with E-state index in [2.05, 4.69) is 4.98 Å². The molecule has 17 heavy (non-hydrogen) atoms. The maximum Gasteiger partial charge on any atom is 0.323 e. The first-order valence-corrected chi connectivity index (χ1v) is 4.67. The van der Waals surface area contributed by atoms with Crippen molar-refractivity contribution in [2.24, 2.45) is 12.8 Å². The predicted molar refractivity (Wildman–Crippen MR) is 55.9 cm³/mol. The van der Waals surface area contributed by atoms with Crippen LogP contribution < -0.4 is 5.73 Å². The molecule has 2 amide bonds. The van der Waals surface area contributed by atoms with E-state index >= 15 is 0 Å². The summed E-state index contributed by atoms with van der Waals surface area (Å²) >= 11 is 0. The van der Waals surface area contributed by atoms with Crippen molar-refractivity contribution in [1.29, 1.82) is 0 Å². The number of hydrogen-bond donors (Lipinski definition) is 2. The van der Waals surface area contributed by atoms with Gasteiger partial charge in [-0.2, -0.15) is 0 Å². The molecule has 1 aromatic heterocycles. The van der Waals surface area contributed by atoms with E-state index < -0.39 is 30.9 Å². The van der Waals surface area contributed by atoms with Crippen LogP contribution in [0.4, 0.5) is 0 Å². The fourth-order valence-corrected chi connectivity index (χ4v) is 1.28. The fraction of sp³-hybridized carbons (Fsp3) is 0.333. The number of aromatic nitrogens is 2. The molecule has 0 spiro atoms. The van der Waals surface area contributed by atoms with Gasteiger partial charge in [0.2, 0.25) is 5.91 Å². The highest BCUT2D eigenvalue weighted by atomic mass is 16.4. The largest absolute Gasteiger partial charge is 0.480 e. The van der Waals surface area contributed by atoms with Gasteiger partial charge in [0.25, 0.3) is 5.91 Å². The first-order chi connectivity index (χ1) is 7.91. The highest BCUT2D eigenvalue weighted by Gasteiger charge is 2.22. The average Bonchev–Trinajstić information content (AvgIpc) is 2.61. The molecule has 0 saturated heterocycles. The Hall–Kier alpha value is -2.38. The first kappa shape index (κ1) is 12.7. The number of carbonyl (C=O) groups is 3. The maximum atomic E-state index is 11.9. The number of imidazole rings is 1. The Balaban J connectivity index is 2.90. The van der Waals surface area contributed by atoms with Crippen LogP contribution in [0.15, 0.2) is 12.5 Å². The number of aryl methyl sites for hydroxylation is 1. The Kier molecular flexibility index (Phi) is 3.81. The number of nitrogens with zero attached hydrogens (tertiary/aromatic N) is 3. The highest BCUT2D eigenvalue weighted by molar-refractivity contribution is 5.96. The van der Waals surface area contributed by atoms with Crippen LogP contribution in [0.3, 0.4) is 0 Å². The molecule has 1 aromatic rings. The molecule has 0 aliphatic rings. The Morgan fingerprint density at radius 2 is 2.12 bits per heavy atom. The molecule has 0 atom stereocenters. The van der Waals surface area contributed by atoms with Crippen molar-refractivity contribution in [2.45, 2.75) is 0 Å². The number of aliphatic carboxylic acids is 1. The summed E-state index contributed by atoms with van der Waals surface area (Å²) in [7, 11) is 1.59. The SMILES string of the molecule is Cn1cncc1C(=O)N(CC(N)=O)CC(=O)O. The van der Waals surface area contributed by atoms with E-state index in [0.717, 1.165) is 4.90 Å². The summed E-state index contributed by atoms with van der Waals surface area (Å²) in [5.41, 5.74) is 5.14. The summed E-state index contributed by atoms with van der Waals surface area (Å²) in [6.45, 7) is -1.04. The predicted octanol–water partition coefficient (Wildman–Crippen LogP) is -1.57. The van der Waals surface area contributed by atoms with Gasteiger partial charge in [-0.1, -0.05) is 0 Å². The Bertz CT molecular complexity index is 438. The lowest BCUT2D eigenvalue weighted by atomic mass is 10.3. The van der Waals surface area contributed by atoms with E-state index in [1.54, 1.807) is 7.05 Å². The number of carbonyl (C=O) groups excluding carboxylic acids is 2. The minimum absolute atomic E-state index is 0.188. The second-order valence-corrected chi connectivity index (χ2v) is 3.41. The van der Waals surface area contributed by atoms with E-state index in [1.807, 2.05) is 0 Å². The Labute approximate surface area is 96.6 Å². The lowest BCUT2D eigenvalue weighted by molar-refractivity contribution is -0.138. The standard InChI is InChI=1S/C9H12N4O4/c1-12-5-11-2-6(12)9(17)13(3-7(10)14)4-8(15)16/h2,5H,3-4H2,1H3,(H2,10,14)(H,15,16). The lowest BCUT2D eigenvalue weighted by Gasteiger charge is -2.18. The van der Waals surface area contributed by atoms with E-state index in [9.17, 15) is 14.4 Å². The van der Waals surface area contributed by atoms with Crippen LogP contribution in [-0.2, 0) is 16.6 Å². The van der Waals surface area contributed by atoms with E-state index in [1.165, 1.54) is 17.1 Å². The smallest absolute Gasteiger partial charge is 0.323 e. The first-order valence-electron chi connectivity index (χ1n) is 4.67. The molecule has 3 N–H and O–H groups in total. The van der Waals surface area contributed by atoms with E-state index in [0.29, 0.717) is 0 Å². The van der Waals surface area contributed by atoms with Gasteiger partial charge in [0.15, 0.2) is 0 Å². The van der Waals surface area contributed by atoms with Gasteiger partial charge in [-0.3, -0.25) is 14.4 Å². The van der Waals surface area contributed by atoms with E-state index in [-0.39, 0.29) is 5.69 Å². The molecule has 0 aliphatic carbocycles. The van der Waals surface area contributed by atoms with Crippen molar-refractivity contribution in [3.8, 4) is 0 Å². The third kappa shape index (κ3) is 3.30. The molecular weight excluding hydrogens is 228 g/mol. The quantitative estimate of drug-likeness (QED) is 0.644. The van der Waals surface area contributed by atoms with Crippen LogP contribution in [0.2, 0.25) is 0 Å². The molecule has 0 saturated carbocycles. The summed E-state index contributed by atoms with van der Waals surface area (Å²) < 4.78 is 1.43. The van der Waals surface area contributed by atoms with Crippen LogP contribution >= 0.6 is 0 Å². The van der Waals surface area contributed by atoms with Crippen LogP contribution in [0.1, 0.15) is 10.5 Å². The van der Waals surface area contributed by atoms with Crippen molar-refractivity contribution in [1.82, 2.24) is 14.5 Å². The van der Waals surface area contributed by atoms with Gasteiger partial charge in [0.1, 0.15) is 18.8 Å². The molecule has 0 fully saturated rings.